The Hall–Kier alpha value is -2.96. The molecular formula is C17H15FN2O4. The summed E-state index contributed by atoms with van der Waals surface area (Å²) in [5.74, 6) is -2.91. The van der Waals surface area contributed by atoms with Crippen molar-refractivity contribution in [2.45, 2.75) is 5.92 Å². The predicted octanol–water partition coefficient (Wildman–Crippen LogP) is 1.45. The van der Waals surface area contributed by atoms with Crippen molar-refractivity contribution in [1.29, 1.82) is 0 Å². The van der Waals surface area contributed by atoms with E-state index >= 15 is 0 Å². The number of carboxylic acid groups (broad SMARTS) is 1. The number of carbonyl (C=O) groups is 2. The molecule has 0 spiro atoms. The first-order chi connectivity index (χ1) is 11.5. The second-order valence-electron chi connectivity index (χ2n) is 5.75. The second kappa shape index (κ2) is 6.27. The molecule has 0 bridgehead atoms. The molecule has 0 aliphatic carbocycles. The standard InChI is InChI=1S/C17H15FN2O4/c18-12-4-1-10(2-5-12)13-8-20(9-14(13)17(23)24)16(22)11-3-6-15(21)19-7-11/h1-7,13-14H,8-9H2,(H,19,21)(H,23,24)/t13-,14+/m0/s1. The maximum absolute atomic E-state index is 13.1. The van der Waals surface area contributed by atoms with Crippen LogP contribution in [0.5, 0.6) is 0 Å². The Morgan fingerprint density at radius 3 is 2.42 bits per heavy atom. The minimum atomic E-state index is -0.999. The highest BCUT2D eigenvalue weighted by molar-refractivity contribution is 5.94. The molecule has 1 aromatic heterocycles. The van der Waals surface area contributed by atoms with Gasteiger partial charge in [0.2, 0.25) is 5.56 Å². The van der Waals surface area contributed by atoms with Gasteiger partial charge in [-0.3, -0.25) is 14.4 Å². The Bertz CT molecular complexity index is 811. The number of benzene rings is 1. The summed E-state index contributed by atoms with van der Waals surface area (Å²) in [6.07, 6.45) is 1.31. The lowest BCUT2D eigenvalue weighted by atomic mass is 9.89. The number of aromatic nitrogens is 1. The van der Waals surface area contributed by atoms with Gasteiger partial charge in [-0.1, -0.05) is 12.1 Å². The topological polar surface area (TPSA) is 90.5 Å². The van der Waals surface area contributed by atoms with Crippen LogP contribution in [0.3, 0.4) is 0 Å². The first kappa shape index (κ1) is 15.9. The molecule has 2 N–H and O–H groups in total. The van der Waals surface area contributed by atoms with Crippen LogP contribution in [0, 0.1) is 11.7 Å². The van der Waals surface area contributed by atoms with Crippen molar-refractivity contribution in [3.05, 3.63) is 69.9 Å². The zero-order valence-electron chi connectivity index (χ0n) is 12.6. The Kier molecular flexibility index (Phi) is 4.16. The van der Waals surface area contributed by atoms with Crippen LogP contribution < -0.4 is 5.56 Å². The van der Waals surface area contributed by atoms with Gasteiger partial charge in [0.1, 0.15) is 5.82 Å². The third-order valence-electron chi connectivity index (χ3n) is 4.25. The van der Waals surface area contributed by atoms with Crippen LogP contribution in [0.15, 0.2) is 47.4 Å². The monoisotopic (exact) mass is 330 g/mol. The van der Waals surface area contributed by atoms with Gasteiger partial charge in [-0.05, 0) is 23.8 Å². The third kappa shape index (κ3) is 3.05. The quantitative estimate of drug-likeness (QED) is 0.891. The van der Waals surface area contributed by atoms with Gasteiger partial charge in [-0.15, -0.1) is 0 Å². The lowest BCUT2D eigenvalue weighted by Gasteiger charge is -2.16. The molecule has 2 heterocycles. The molecule has 1 aliphatic heterocycles. The first-order valence-corrected chi connectivity index (χ1v) is 7.42. The molecule has 2 aromatic rings. The summed E-state index contributed by atoms with van der Waals surface area (Å²) in [5, 5.41) is 9.45. The van der Waals surface area contributed by atoms with Gasteiger partial charge < -0.3 is 15.0 Å². The van der Waals surface area contributed by atoms with Crippen LogP contribution in [0.25, 0.3) is 0 Å². The highest BCUT2D eigenvalue weighted by atomic mass is 19.1. The summed E-state index contributed by atoms with van der Waals surface area (Å²) < 4.78 is 13.1. The number of halogens is 1. The average molecular weight is 330 g/mol. The van der Waals surface area contributed by atoms with Crippen LogP contribution in [0.4, 0.5) is 4.39 Å². The van der Waals surface area contributed by atoms with E-state index in [4.69, 9.17) is 0 Å². The molecular weight excluding hydrogens is 315 g/mol. The molecule has 2 atom stereocenters. The Labute approximate surface area is 136 Å². The van der Waals surface area contributed by atoms with E-state index in [1.165, 1.54) is 35.4 Å². The Morgan fingerprint density at radius 1 is 1.12 bits per heavy atom. The summed E-state index contributed by atoms with van der Waals surface area (Å²) in [6, 6.07) is 8.30. The molecule has 1 saturated heterocycles. The summed E-state index contributed by atoms with van der Waals surface area (Å²) in [6.45, 7) is 0.288. The molecule has 0 radical (unpaired) electrons. The lowest BCUT2D eigenvalue weighted by Crippen LogP contribution is -2.30. The molecule has 0 saturated carbocycles. The fourth-order valence-electron chi connectivity index (χ4n) is 2.99. The van der Waals surface area contributed by atoms with E-state index in [9.17, 15) is 23.9 Å². The van der Waals surface area contributed by atoms with E-state index in [1.54, 1.807) is 12.1 Å². The van der Waals surface area contributed by atoms with Gasteiger partial charge in [0.25, 0.3) is 5.91 Å². The van der Waals surface area contributed by atoms with Crippen LogP contribution >= 0.6 is 0 Å². The van der Waals surface area contributed by atoms with Gasteiger partial charge >= 0.3 is 5.97 Å². The van der Waals surface area contributed by atoms with Crippen LogP contribution in [0.1, 0.15) is 21.8 Å². The number of hydrogen-bond donors (Lipinski definition) is 2. The van der Waals surface area contributed by atoms with Gasteiger partial charge in [-0.25, -0.2) is 4.39 Å². The number of hydrogen-bond acceptors (Lipinski definition) is 3. The van der Waals surface area contributed by atoms with E-state index in [0.717, 1.165) is 0 Å². The summed E-state index contributed by atoms with van der Waals surface area (Å²) in [7, 11) is 0. The number of H-pyrrole nitrogens is 1. The van der Waals surface area contributed by atoms with Crippen LogP contribution in [-0.2, 0) is 4.79 Å². The smallest absolute Gasteiger partial charge is 0.308 e. The van der Waals surface area contributed by atoms with Crippen molar-refractivity contribution < 1.29 is 19.1 Å². The van der Waals surface area contributed by atoms with Gasteiger partial charge in [-0.2, -0.15) is 0 Å². The van der Waals surface area contributed by atoms with E-state index in [-0.39, 0.29) is 24.6 Å². The van der Waals surface area contributed by atoms with Crippen molar-refractivity contribution in [2.75, 3.05) is 13.1 Å². The summed E-state index contributed by atoms with van der Waals surface area (Å²) in [5.41, 5.74) is 0.652. The SMILES string of the molecule is O=C(O)[C@@H]1CN(C(=O)c2ccc(=O)[nH]c2)C[C@H]1c1ccc(F)cc1. The van der Waals surface area contributed by atoms with Crippen molar-refractivity contribution in [1.82, 2.24) is 9.88 Å². The number of aliphatic carboxylic acids is 1. The van der Waals surface area contributed by atoms with Gasteiger partial charge in [0, 0.05) is 31.3 Å². The molecule has 1 amide bonds. The number of nitrogens with zero attached hydrogens (tertiary/aromatic N) is 1. The minimum Gasteiger partial charge on any atom is -0.481 e. The molecule has 1 aliphatic rings. The van der Waals surface area contributed by atoms with Crippen LogP contribution in [-0.4, -0.2) is 40.0 Å². The molecule has 7 heteroatoms. The normalized spacial score (nSPS) is 20.1. The maximum atomic E-state index is 13.1. The predicted molar refractivity (Wildman–Crippen MR) is 83.2 cm³/mol. The van der Waals surface area contributed by atoms with Crippen molar-refractivity contribution in [2.24, 2.45) is 5.92 Å². The number of carbonyl (C=O) groups excluding carboxylic acids is 1. The molecule has 0 unspecified atom stereocenters. The molecule has 1 fully saturated rings. The zero-order chi connectivity index (χ0) is 17.3. The fraction of sp³-hybridized carbons (Fsp3) is 0.235. The third-order valence-corrected chi connectivity index (χ3v) is 4.25. The number of pyridine rings is 1. The number of amides is 1. The number of carboxylic acids is 1. The summed E-state index contributed by atoms with van der Waals surface area (Å²) in [4.78, 5) is 39.0. The second-order valence-corrected chi connectivity index (χ2v) is 5.75. The average Bonchev–Trinajstić information content (AvgIpc) is 3.01. The zero-order valence-corrected chi connectivity index (χ0v) is 12.6. The molecule has 3 rings (SSSR count). The molecule has 124 valence electrons. The molecule has 24 heavy (non-hydrogen) atoms. The number of aromatic amines is 1. The van der Waals surface area contributed by atoms with E-state index in [1.807, 2.05) is 0 Å². The Balaban J connectivity index is 1.85. The highest BCUT2D eigenvalue weighted by Crippen LogP contribution is 2.33. The van der Waals surface area contributed by atoms with Crippen molar-refractivity contribution in [3.63, 3.8) is 0 Å². The fourth-order valence-corrected chi connectivity index (χ4v) is 2.99. The summed E-state index contributed by atoms with van der Waals surface area (Å²) >= 11 is 0. The highest BCUT2D eigenvalue weighted by Gasteiger charge is 2.40. The van der Waals surface area contributed by atoms with Crippen molar-refractivity contribution in [3.8, 4) is 0 Å². The van der Waals surface area contributed by atoms with E-state index in [2.05, 4.69) is 4.98 Å². The van der Waals surface area contributed by atoms with E-state index < -0.39 is 23.6 Å². The number of rotatable bonds is 3. The lowest BCUT2D eigenvalue weighted by molar-refractivity contribution is -0.141. The first-order valence-electron chi connectivity index (χ1n) is 7.42. The number of nitrogens with one attached hydrogen (secondary N) is 1. The minimum absolute atomic E-state index is 0.0648. The maximum Gasteiger partial charge on any atom is 0.308 e. The van der Waals surface area contributed by atoms with E-state index in [0.29, 0.717) is 11.1 Å². The largest absolute Gasteiger partial charge is 0.481 e. The van der Waals surface area contributed by atoms with Crippen molar-refractivity contribution >= 4 is 11.9 Å². The Morgan fingerprint density at radius 2 is 1.83 bits per heavy atom. The van der Waals surface area contributed by atoms with Gasteiger partial charge in [0.05, 0.1) is 11.5 Å². The number of likely N-dealkylation sites (tertiary alicyclic amines) is 1. The van der Waals surface area contributed by atoms with Gasteiger partial charge in [0.15, 0.2) is 0 Å². The molecule has 6 nitrogen and oxygen atoms in total. The molecule has 1 aromatic carbocycles. The van der Waals surface area contributed by atoms with Crippen LogP contribution in [0.2, 0.25) is 0 Å².